The average Bonchev–Trinajstić information content (AvgIpc) is 3.05. The van der Waals surface area contributed by atoms with Crippen molar-refractivity contribution in [2.24, 2.45) is 0 Å². The van der Waals surface area contributed by atoms with Crippen molar-refractivity contribution in [3.05, 3.63) is 77.3 Å². The van der Waals surface area contributed by atoms with E-state index in [1.165, 1.54) is 5.56 Å². The summed E-state index contributed by atoms with van der Waals surface area (Å²) >= 11 is 1.60. The minimum absolute atomic E-state index is 0.0703. The normalized spacial score (nSPS) is 17.9. The van der Waals surface area contributed by atoms with Crippen LogP contribution in [0, 0.1) is 0 Å². The van der Waals surface area contributed by atoms with Crippen LogP contribution in [-0.4, -0.2) is 28.9 Å². The second kappa shape index (κ2) is 8.33. The molecule has 27 heavy (non-hydrogen) atoms. The fraction of sp³-hybridized carbons (Fsp3) is 0.238. The van der Waals surface area contributed by atoms with Crippen LogP contribution < -0.4 is 10.6 Å². The third-order valence-electron chi connectivity index (χ3n) is 4.67. The summed E-state index contributed by atoms with van der Waals surface area (Å²) in [4.78, 5) is 19.2. The van der Waals surface area contributed by atoms with Crippen LogP contribution in [0.4, 0.5) is 10.8 Å². The van der Waals surface area contributed by atoms with Crippen LogP contribution in [0.25, 0.3) is 0 Å². The maximum absolute atomic E-state index is 12.1. The Hall–Kier alpha value is -2.70. The Bertz CT molecular complexity index is 881. The van der Waals surface area contributed by atoms with Crippen molar-refractivity contribution in [2.75, 3.05) is 18.4 Å². The molecule has 1 unspecified atom stereocenters. The predicted molar refractivity (Wildman–Crippen MR) is 109 cm³/mol. The summed E-state index contributed by atoms with van der Waals surface area (Å²) in [6.07, 6.45) is 0.475. The number of amides is 1. The number of para-hydroxylation sites is 1. The van der Waals surface area contributed by atoms with Crippen LogP contribution in [0.5, 0.6) is 0 Å². The Morgan fingerprint density at radius 1 is 1.11 bits per heavy atom. The first-order chi connectivity index (χ1) is 13.3. The lowest BCUT2D eigenvalue weighted by molar-refractivity contribution is -0.121. The Labute approximate surface area is 163 Å². The summed E-state index contributed by atoms with van der Waals surface area (Å²) in [6, 6.07) is 20.4. The van der Waals surface area contributed by atoms with E-state index in [1.807, 2.05) is 48.5 Å². The van der Waals surface area contributed by atoms with Gasteiger partial charge >= 0.3 is 0 Å². The van der Waals surface area contributed by atoms with E-state index in [9.17, 15) is 4.79 Å². The van der Waals surface area contributed by atoms with E-state index in [2.05, 4.69) is 33.0 Å². The Morgan fingerprint density at radius 2 is 1.85 bits per heavy atom. The standard InChI is InChI=1S/C21H22N4OS/c26-20-13-19(16-7-3-1-4-8-16)25(12-11-22-20)14-18-15-27-21(24-18)23-17-9-5-2-6-10-17/h1-10,15,19H,11-14H2,(H,22,26)(H,23,24). The van der Waals surface area contributed by atoms with Crippen molar-refractivity contribution in [1.82, 2.24) is 15.2 Å². The van der Waals surface area contributed by atoms with Crippen LogP contribution in [0.2, 0.25) is 0 Å². The number of thiazole rings is 1. The fourth-order valence-corrected chi connectivity index (χ4v) is 4.08. The minimum Gasteiger partial charge on any atom is -0.355 e. The van der Waals surface area contributed by atoms with Gasteiger partial charge in [-0.2, -0.15) is 0 Å². The van der Waals surface area contributed by atoms with Gasteiger partial charge in [0, 0.05) is 43.2 Å². The monoisotopic (exact) mass is 378 g/mol. The molecule has 3 aromatic rings. The molecule has 1 fully saturated rings. The molecule has 2 N–H and O–H groups in total. The van der Waals surface area contributed by atoms with E-state index in [-0.39, 0.29) is 11.9 Å². The number of hydrogen-bond acceptors (Lipinski definition) is 5. The van der Waals surface area contributed by atoms with Gasteiger partial charge in [-0.3, -0.25) is 9.69 Å². The molecule has 4 rings (SSSR count). The first kappa shape index (κ1) is 17.7. The molecule has 1 aliphatic rings. The Kier molecular flexibility index (Phi) is 5.46. The molecule has 1 saturated heterocycles. The van der Waals surface area contributed by atoms with Gasteiger partial charge in [-0.05, 0) is 17.7 Å². The van der Waals surface area contributed by atoms with Gasteiger partial charge in [0.05, 0.1) is 5.69 Å². The quantitative estimate of drug-likeness (QED) is 0.706. The Balaban J connectivity index is 1.50. The summed E-state index contributed by atoms with van der Waals surface area (Å²) in [6.45, 7) is 2.20. The molecular weight excluding hydrogens is 356 g/mol. The molecule has 0 radical (unpaired) electrons. The molecule has 5 nitrogen and oxygen atoms in total. The molecule has 2 aromatic carbocycles. The summed E-state index contributed by atoms with van der Waals surface area (Å²) < 4.78 is 0. The zero-order chi connectivity index (χ0) is 18.5. The second-order valence-electron chi connectivity index (χ2n) is 6.59. The number of carbonyl (C=O) groups excluding carboxylic acids is 1. The van der Waals surface area contributed by atoms with E-state index < -0.39 is 0 Å². The van der Waals surface area contributed by atoms with E-state index in [0.29, 0.717) is 13.0 Å². The first-order valence-corrected chi connectivity index (χ1v) is 9.98. The molecule has 138 valence electrons. The van der Waals surface area contributed by atoms with Gasteiger partial charge in [-0.25, -0.2) is 4.98 Å². The highest BCUT2D eigenvalue weighted by atomic mass is 32.1. The third-order valence-corrected chi connectivity index (χ3v) is 5.47. The highest BCUT2D eigenvalue weighted by Gasteiger charge is 2.26. The van der Waals surface area contributed by atoms with Crippen LogP contribution in [0.3, 0.4) is 0 Å². The highest BCUT2D eigenvalue weighted by Crippen LogP contribution is 2.28. The summed E-state index contributed by atoms with van der Waals surface area (Å²) in [7, 11) is 0. The van der Waals surface area contributed by atoms with Crippen LogP contribution >= 0.6 is 11.3 Å². The molecule has 0 aliphatic carbocycles. The van der Waals surface area contributed by atoms with Gasteiger partial charge in [-0.1, -0.05) is 48.5 Å². The molecule has 6 heteroatoms. The summed E-state index contributed by atoms with van der Waals surface area (Å²) in [5.41, 5.74) is 3.23. The van der Waals surface area contributed by atoms with Crippen molar-refractivity contribution >= 4 is 28.1 Å². The maximum Gasteiger partial charge on any atom is 0.221 e. The van der Waals surface area contributed by atoms with Crippen molar-refractivity contribution in [1.29, 1.82) is 0 Å². The summed E-state index contributed by atoms with van der Waals surface area (Å²) in [5, 5.41) is 9.31. The summed E-state index contributed by atoms with van der Waals surface area (Å²) in [5.74, 6) is 0.107. The highest BCUT2D eigenvalue weighted by molar-refractivity contribution is 7.13. The van der Waals surface area contributed by atoms with Crippen molar-refractivity contribution in [3.8, 4) is 0 Å². The number of anilines is 2. The van der Waals surface area contributed by atoms with Gasteiger partial charge in [0.1, 0.15) is 0 Å². The average molecular weight is 379 g/mol. The van der Waals surface area contributed by atoms with Gasteiger partial charge in [0.15, 0.2) is 5.13 Å². The number of hydrogen-bond donors (Lipinski definition) is 2. The van der Waals surface area contributed by atoms with Crippen LogP contribution in [0.1, 0.15) is 23.7 Å². The molecule has 1 aromatic heterocycles. The molecule has 1 amide bonds. The van der Waals surface area contributed by atoms with Crippen molar-refractivity contribution < 1.29 is 4.79 Å². The smallest absolute Gasteiger partial charge is 0.221 e. The number of rotatable bonds is 5. The molecule has 0 saturated carbocycles. The third kappa shape index (κ3) is 4.53. The lowest BCUT2D eigenvalue weighted by Gasteiger charge is -2.28. The number of nitrogens with one attached hydrogen (secondary N) is 2. The fourth-order valence-electron chi connectivity index (χ4n) is 3.35. The predicted octanol–water partition coefficient (Wildman–Crippen LogP) is 3.95. The molecule has 2 heterocycles. The van der Waals surface area contributed by atoms with Gasteiger partial charge < -0.3 is 10.6 Å². The zero-order valence-electron chi connectivity index (χ0n) is 15.0. The SMILES string of the molecule is O=C1CC(c2ccccc2)N(Cc2csc(Nc3ccccc3)n2)CCN1. The lowest BCUT2D eigenvalue weighted by Crippen LogP contribution is -2.30. The number of aromatic nitrogens is 1. The topological polar surface area (TPSA) is 57.3 Å². The van der Waals surface area contributed by atoms with Gasteiger partial charge in [-0.15, -0.1) is 11.3 Å². The molecule has 1 aliphatic heterocycles. The largest absolute Gasteiger partial charge is 0.355 e. The molecule has 1 atom stereocenters. The number of benzene rings is 2. The van der Waals surface area contributed by atoms with Crippen molar-refractivity contribution in [3.63, 3.8) is 0 Å². The van der Waals surface area contributed by atoms with Crippen LogP contribution in [0.15, 0.2) is 66.0 Å². The lowest BCUT2D eigenvalue weighted by atomic mass is 10.0. The Morgan fingerprint density at radius 3 is 2.63 bits per heavy atom. The molecular formula is C21H22N4OS. The van der Waals surface area contributed by atoms with E-state index in [1.54, 1.807) is 11.3 Å². The zero-order valence-corrected chi connectivity index (χ0v) is 15.8. The van der Waals surface area contributed by atoms with E-state index in [4.69, 9.17) is 4.98 Å². The second-order valence-corrected chi connectivity index (χ2v) is 7.44. The molecule has 0 spiro atoms. The minimum atomic E-state index is 0.0703. The number of carbonyl (C=O) groups is 1. The van der Waals surface area contributed by atoms with Gasteiger partial charge in [0.2, 0.25) is 5.91 Å². The first-order valence-electron chi connectivity index (χ1n) is 9.10. The number of nitrogens with zero attached hydrogens (tertiary/aromatic N) is 2. The van der Waals surface area contributed by atoms with Gasteiger partial charge in [0.25, 0.3) is 0 Å². The van der Waals surface area contributed by atoms with E-state index in [0.717, 1.165) is 29.6 Å². The maximum atomic E-state index is 12.1. The van der Waals surface area contributed by atoms with Crippen LogP contribution in [-0.2, 0) is 11.3 Å². The van der Waals surface area contributed by atoms with E-state index >= 15 is 0 Å². The molecule has 0 bridgehead atoms. The van der Waals surface area contributed by atoms with Crippen molar-refractivity contribution in [2.45, 2.75) is 19.0 Å².